The third-order valence-corrected chi connectivity index (χ3v) is 6.18. The van der Waals surface area contributed by atoms with Crippen LogP contribution in [0.15, 0.2) is 48.7 Å². The van der Waals surface area contributed by atoms with E-state index in [4.69, 9.17) is 9.72 Å². The van der Waals surface area contributed by atoms with Gasteiger partial charge in [-0.2, -0.15) is 0 Å². The van der Waals surface area contributed by atoms with Crippen molar-refractivity contribution in [2.45, 2.75) is 0 Å². The van der Waals surface area contributed by atoms with Gasteiger partial charge < -0.3 is 14.5 Å². The Morgan fingerprint density at radius 3 is 2.59 bits per heavy atom. The molecule has 1 fully saturated rings. The van der Waals surface area contributed by atoms with Gasteiger partial charge in [0.2, 0.25) is 0 Å². The highest BCUT2D eigenvalue weighted by atomic mass is 32.1. The second kappa shape index (κ2) is 7.29. The molecule has 8 heteroatoms. The van der Waals surface area contributed by atoms with Crippen LogP contribution >= 0.6 is 11.3 Å². The van der Waals surface area contributed by atoms with Gasteiger partial charge in [0.15, 0.2) is 5.13 Å². The minimum Gasteiger partial charge on any atom is -0.494 e. The van der Waals surface area contributed by atoms with E-state index in [1.165, 1.54) is 0 Å². The molecule has 1 saturated heterocycles. The zero-order valence-corrected chi connectivity index (χ0v) is 16.7. The van der Waals surface area contributed by atoms with Crippen LogP contribution in [-0.4, -0.2) is 59.0 Å². The molecule has 3 heterocycles. The predicted octanol–water partition coefficient (Wildman–Crippen LogP) is 3.21. The molecule has 29 heavy (non-hydrogen) atoms. The number of aromatic nitrogens is 3. The molecule has 0 spiro atoms. The average molecular weight is 405 g/mol. The maximum absolute atomic E-state index is 12.9. The van der Waals surface area contributed by atoms with E-state index in [9.17, 15) is 4.79 Å². The lowest BCUT2D eigenvalue weighted by atomic mass is 10.2. The molecule has 0 aliphatic carbocycles. The molecule has 7 nitrogen and oxygen atoms in total. The van der Waals surface area contributed by atoms with Gasteiger partial charge >= 0.3 is 0 Å². The Bertz CT molecular complexity index is 1200. The SMILES string of the molecule is COc1cccc2sc(N3CCN(C(=O)c4cnc5ccccc5n4)CC3)nc12. The van der Waals surface area contributed by atoms with Crippen LogP contribution in [0.3, 0.4) is 0 Å². The van der Waals surface area contributed by atoms with Gasteiger partial charge in [-0.3, -0.25) is 9.78 Å². The number of hydrogen-bond donors (Lipinski definition) is 0. The third kappa shape index (κ3) is 3.25. The number of nitrogens with zero attached hydrogens (tertiary/aromatic N) is 5. The van der Waals surface area contributed by atoms with Gasteiger partial charge in [0, 0.05) is 26.2 Å². The third-order valence-electron chi connectivity index (χ3n) is 5.10. The number of thiazole rings is 1. The van der Waals surface area contributed by atoms with Crippen LogP contribution in [0.2, 0.25) is 0 Å². The maximum atomic E-state index is 12.9. The Labute approximate surface area is 171 Å². The number of amides is 1. The lowest BCUT2D eigenvalue weighted by Gasteiger charge is -2.34. The van der Waals surface area contributed by atoms with Crippen LogP contribution in [0.5, 0.6) is 5.75 Å². The first kappa shape index (κ1) is 17.8. The molecule has 2 aromatic heterocycles. The van der Waals surface area contributed by atoms with Gasteiger partial charge in [-0.25, -0.2) is 9.97 Å². The molecule has 146 valence electrons. The first-order valence-corrected chi connectivity index (χ1v) is 10.2. The number of fused-ring (bicyclic) bond motifs is 2. The Balaban J connectivity index is 1.31. The van der Waals surface area contributed by atoms with Crippen LogP contribution in [0.25, 0.3) is 21.3 Å². The van der Waals surface area contributed by atoms with E-state index >= 15 is 0 Å². The molecule has 0 saturated carbocycles. The summed E-state index contributed by atoms with van der Waals surface area (Å²) in [6.45, 7) is 2.71. The second-order valence-electron chi connectivity index (χ2n) is 6.83. The van der Waals surface area contributed by atoms with Gasteiger partial charge in [0.1, 0.15) is 17.0 Å². The predicted molar refractivity (Wildman–Crippen MR) is 114 cm³/mol. The lowest BCUT2D eigenvalue weighted by Crippen LogP contribution is -2.49. The van der Waals surface area contributed by atoms with Crippen LogP contribution in [-0.2, 0) is 0 Å². The summed E-state index contributed by atoms with van der Waals surface area (Å²) >= 11 is 1.65. The molecule has 0 bridgehead atoms. The Morgan fingerprint density at radius 2 is 1.79 bits per heavy atom. The summed E-state index contributed by atoms with van der Waals surface area (Å²) in [6.07, 6.45) is 1.57. The largest absolute Gasteiger partial charge is 0.494 e. The van der Waals surface area contributed by atoms with Crippen molar-refractivity contribution < 1.29 is 9.53 Å². The second-order valence-corrected chi connectivity index (χ2v) is 7.84. The summed E-state index contributed by atoms with van der Waals surface area (Å²) in [5.41, 5.74) is 2.81. The zero-order valence-electron chi connectivity index (χ0n) is 15.9. The molecule has 0 radical (unpaired) electrons. The van der Waals surface area contributed by atoms with E-state index in [-0.39, 0.29) is 5.91 Å². The number of piperazine rings is 1. The molecule has 4 aromatic rings. The first-order chi connectivity index (χ1) is 14.2. The fraction of sp³-hybridized carbons (Fsp3) is 0.238. The van der Waals surface area contributed by atoms with Crippen molar-refractivity contribution in [3.8, 4) is 5.75 Å². The summed E-state index contributed by atoms with van der Waals surface area (Å²) in [5, 5.41) is 0.960. The maximum Gasteiger partial charge on any atom is 0.274 e. The van der Waals surface area contributed by atoms with Crippen molar-refractivity contribution in [1.29, 1.82) is 0 Å². The molecule has 1 amide bonds. The molecule has 2 aromatic carbocycles. The van der Waals surface area contributed by atoms with Crippen LogP contribution in [0.1, 0.15) is 10.5 Å². The Hall–Kier alpha value is -3.26. The fourth-order valence-electron chi connectivity index (χ4n) is 3.53. The van der Waals surface area contributed by atoms with Crippen molar-refractivity contribution in [1.82, 2.24) is 19.9 Å². The highest BCUT2D eigenvalue weighted by molar-refractivity contribution is 7.22. The summed E-state index contributed by atoms with van der Waals surface area (Å²) in [6, 6.07) is 13.5. The van der Waals surface area contributed by atoms with E-state index in [2.05, 4.69) is 20.9 Å². The summed E-state index contributed by atoms with van der Waals surface area (Å²) in [7, 11) is 1.66. The fourth-order valence-corrected chi connectivity index (χ4v) is 4.57. The van der Waals surface area contributed by atoms with E-state index in [0.717, 1.165) is 45.2 Å². The smallest absolute Gasteiger partial charge is 0.274 e. The minimum atomic E-state index is -0.0751. The molecular formula is C21H19N5O2S. The number of hydrogen-bond acceptors (Lipinski definition) is 7. The number of para-hydroxylation sites is 3. The molecule has 1 aliphatic rings. The van der Waals surface area contributed by atoms with E-state index in [1.807, 2.05) is 41.3 Å². The van der Waals surface area contributed by atoms with Crippen LogP contribution in [0.4, 0.5) is 5.13 Å². The quantitative estimate of drug-likeness (QED) is 0.521. The molecule has 0 N–H and O–H groups in total. The minimum absolute atomic E-state index is 0.0751. The van der Waals surface area contributed by atoms with Gasteiger partial charge in [-0.15, -0.1) is 0 Å². The normalized spacial score (nSPS) is 14.5. The topological polar surface area (TPSA) is 71.5 Å². The lowest BCUT2D eigenvalue weighted by molar-refractivity contribution is 0.0741. The van der Waals surface area contributed by atoms with Gasteiger partial charge in [0.05, 0.1) is 29.0 Å². The molecule has 5 rings (SSSR count). The van der Waals surface area contributed by atoms with Crippen LogP contribution < -0.4 is 9.64 Å². The summed E-state index contributed by atoms with van der Waals surface area (Å²) in [5.74, 6) is 0.711. The van der Waals surface area contributed by atoms with E-state index in [1.54, 1.807) is 24.6 Å². The molecule has 0 unspecified atom stereocenters. The van der Waals surface area contributed by atoms with Gasteiger partial charge in [-0.05, 0) is 24.3 Å². The highest BCUT2D eigenvalue weighted by Crippen LogP contribution is 2.34. The average Bonchev–Trinajstić information content (AvgIpc) is 3.23. The Morgan fingerprint density at radius 1 is 1.00 bits per heavy atom. The van der Waals surface area contributed by atoms with Crippen molar-refractivity contribution >= 4 is 43.6 Å². The van der Waals surface area contributed by atoms with Gasteiger partial charge in [0.25, 0.3) is 5.91 Å². The van der Waals surface area contributed by atoms with Crippen molar-refractivity contribution in [2.24, 2.45) is 0 Å². The first-order valence-electron chi connectivity index (χ1n) is 9.42. The zero-order chi connectivity index (χ0) is 19.8. The van der Waals surface area contributed by atoms with Gasteiger partial charge in [-0.1, -0.05) is 29.5 Å². The number of rotatable bonds is 3. The number of methoxy groups -OCH3 is 1. The van der Waals surface area contributed by atoms with Crippen LogP contribution in [0, 0.1) is 0 Å². The van der Waals surface area contributed by atoms with E-state index in [0.29, 0.717) is 18.8 Å². The number of anilines is 1. The number of carbonyl (C=O) groups excluding carboxylic acids is 1. The van der Waals surface area contributed by atoms with Crippen molar-refractivity contribution in [3.63, 3.8) is 0 Å². The number of ether oxygens (including phenoxy) is 1. The number of benzene rings is 2. The standard InChI is InChI=1S/C21H19N5O2S/c1-28-17-7-4-8-18-19(17)24-21(29-18)26-11-9-25(10-12-26)20(27)16-13-22-14-5-2-3-6-15(14)23-16/h2-8,13H,9-12H2,1H3. The molecular weight excluding hydrogens is 386 g/mol. The monoisotopic (exact) mass is 405 g/mol. The van der Waals surface area contributed by atoms with Crippen molar-refractivity contribution in [3.05, 3.63) is 54.4 Å². The molecule has 0 atom stereocenters. The Kier molecular flexibility index (Phi) is 4.48. The van der Waals surface area contributed by atoms with Crippen molar-refractivity contribution in [2.75, 3.05) is 38.2 Å². The number of carbonyl (C=O) groups is 1. The van der Waals surface area contributed by atoms with E-state index < -0.39 is 0 Å². The molecule has 1 aliphatic heterocycles. The summed E-state index contributed by atoms with van der Waals surface area (Å²) in [4.78, 5) is 30.6. The summed E-state index contributed by atoms with van der Waals surface area (Å²) < 4.78 is 6.52. The highest BCUT2D eigenvalue weighted by Gasteiger charge is 2.25.